The number of rotatable bonds is 9. The fourth-order valence-electron chi connectivity index (χ4n) is 2.63. The zero-order chi connectivity index (χ0) is 20.8. The predicted octanol–water partition coefficient (Wildman–Crippen LogP) is 4.06. The minimum absolute atomic E-state index is 0.0587. The topological polar surface area (TPSA) is 54.3 Å². The van der Waals surface area contributed by atoms with Crippen LogP contribution in [0.2, 0.25) is 5.02 Å². The highest BCUT2D eigenvalue weighted by atomic mass is 35.5. The third-order valence-corrected chi connectivity index (χ3v) is 5.58. The Morgan fingerprint density at radius 1 is 1.29 bits per heavy atom. The quantitative estimate of drug-likeness (QED) is 0.451. The van der Waals surface area contributed by atoms with Crippen LogP contribution in [0.4, 0.5) is 0 Å². The van der Waals surface area contributed by atoms with Crippen molar-refractivity contribution in [3.63, 3.8) is 0 Å². The van der Waals surface area contributed by atoms with Crippen LogP contribution in [0.3, 0.4) is 0 Å². The number of hydrogen-bond acceptors (Lipinski definition) is 5. The lowest BCUT2D eigenvalue weighted by molar-refractivity contribution is -0.127. The van der Waals surface area contributed by atoms with E-state index in [9.17, 15) is 4.79 Å². The molecular formula is C20H28ClN5OS. The van der Waals surface area contributed by atoms with Gasteiger partial charge in [-0.3, -0.25) is 14.3 Å². The standard InChI is InChI=1S/C20H28ClN5OS/c1-7-25(12-14(2)3)18(27)13-28-20-23-22-19(15(4)24(5)6)26(20)17-10-8-16(21)9-11-17/h8-11,15H,2,7,12-13H2,1,3-6H3. The SMILES string of the molecule is C=C(C)CN(CC)C(=O)CSc1nnc(C(C)N(C)C)n1-c1ccc(Cl)cc1. The first-order valence-electron chi connectivity index (χ1n) is 9.17. The van der Waals surface area contributed by atoms with E-state index in [-0.39, 0.29) is 11.9 Å². The van der Waals surface area contributed by atoms with Crippen molar-refractivity contribution in [3.8, 4) is 5.69 Å². The Morgan fingerprint density at radius 3 is 2.46 bits per heavy atom. The molecule has 1 atom stereocenters. The van der Waals surface area contributed by atoms with Crippen molar-refractivity contribution in [2.45, 2.75) is 32.0 Å². The predicted molar refractivity (Wildman–Crippen MR) is 116 cm³/mol. The second kappa shape index (κ2) is 10.1. The maximum absolute atomic E-state index is 12.6. The Hall–Kier alpha value is -1.83. The molecule has 2 rings (SSSR count). The third-order valence-electron chi connectivity index (χ3n) is 4.41. The lowest BCUT2D eigenvalue weighted by atomic mass is 10.2. The van der Waals surface area contributed by atoms with E-state index in [0.29, 0.717) is 29.0 Å². The van der Waals surface area contributed by atoms with E-state index < -0.39 is 0 Å². The van der Waals surface area contributed by atoms with Gasteiger partial charge in [-0.15, -0.1) is 10.2 Å². The molecule has 0 N–H and O–H groups in total. The van der Waals surface area contributed by atoms with Gasteiger partial charge in [0.1, 0.15) is 0 Å². The van der Waals surface area contributed by atoms with Crippen molar-refractivity contribution in [3.05, 3.63) is 47.3 Å². The molecule has 152 valence electrons. The number of carbonyl (C=O) groups is 1. The van der Waals surface area contributed by atoms with Crippen LogP contribution in [0.5, 0.6) is 0 Å². The van der Waals surface area contributed by atoms with Crippen LogP contribution in [0.15, 0.2) is 41.6 Å². The van der Waals surface area contributed by atoms with Crippen LogP contribution >= 0.6 is 23.4 Å². The van der Waals surface area contributed by atoms with Gasteiger partial charge in [0, 0.05) is 23.8 Å². The van der Waals surface area contributed by atoms with Crippen LogP contribution in [-0.2, 0) is 4.79 Å². The van der Waals surface area contributed by atoms with Gasteiger partial charge in [-0.2, -0.15) is 0 Å². The average molecular weight is 422 g/mol. The Balaban J connectivity index is 2.30. The van der Waals surface area contributed by atoms with E-state index in [1.807, 2.05) is 56.8 Å². The number of aromatic nitrogens is 3. The summed E-state index contributed by atoms with van der Waals surface area (Å²) in [4.78, 5) is 16.5. The Morgan fingerprint density at radius 2 is 1.93 bits per heavy atom. The number of thioether (sulfide) groups is 1. The van der Waals surface area contributed by atoms with Gasteiger partial charge < -0.3 is 4.90 Å². The molecule has 1 amide bonds. The number of hydrogen-bond donors (Lipinski definition) is 0. The van der Waals surface area contributed by atoms with E-state index in [1.165, 1.54) is 11.8 Å². The summed E-state index contributed by atoms with van der Waals surface area (Å²) >= 11 is 7.44. The van der Waals surface area contributed by atoms with Gasteiger partial charge in [-0.05, 0) is 59.1 Å². The fourth-order valence-corrected chi connectivity index (χ4v) is 3.62. The maximum atomic E-state index is 12.6. The molecule has 0 saturated heterocycles. The molecule has 8 heteroatoms. The van der Waals surface area contributed by atoms with Gasteiger partial charge in [-0.25, -0.2) is 0 Å². The smallest absolute Gasteiger partial charge is 0.233 e. The summed E-state index contributed by atoms with van der Waals surface area (Å²) in [5, 5.41) is 10.1. The number of amides is 1. The van der Waals surface area contributed by atoms with Crippen molar-refractivity contribution in [2.24, 2.45) is 0 Å². The number of halogens is 1. The zero-order valence-electron chi connectivity index (χ0n) is 17.1. The summed E-state index contributed by atoms with van der Waals surface area (Å²) in [5.74, 6) is 1.17. The highest BCUT2D eigenvalue weighted by molar-refractivity contribution is 7.99. The van der Waals surface area contributed by atoms with Crippen molar-refractivity contribution in [2.75, 3.05) is 32.9 Å². The van der Waals surface area contributed by atoms with Gasteiger partial charge in [0.2, 0.25) is 5.91 Å². The summed E-state index contributed by atoms with van der Waals surface area (Å²) in [5.41, 5.74) is 1.88. The lowest BCUT2D eigenvalue weighted by Gasteiger charge is -2.21. The fraction of sp³-hybridized carbons (Fsp3) is 0.450. The molecule has 0 aliphatic carbocycles. The zero-order valence-corrected chi connectivity index (χ0v) is 18.7. The number of carbonyl (C=O) groups excluding carboxylic acids is 1. The molecule has 0 radical (unpaired) electrons. The molecule has 1 aromatic heterocycles. The van der Waals surface area contributed by atoms with E-state index in [4.69, 9.17) is 11.6 Å². The number of benzene rings is 1. The number of nitrogens with zero attached hydrogens (tertiary/aromatic N) is 5. The first-order chi connectivity index (χ1) is 13.2. The first-order valence-corrected chi connectivity index (χ1v) is 10.5. The molecule has 0 saturated carbocycles. The number of likely N-dealkylation sites (N-methyl/N-ethyl adjacent to an activating group) is 1. The van der Waals surface area contributed by atoms with Gasteiger partial charge in [0.15, 0.2) is 11.0 Å². The first kappa shape index (κ1) is 22.5. The molecule has 1 heterocycles. The third kappa shape index (κ3) is 5.59. The molecular weight excluding hydrogens is 394 g/mol. The van der Waals surface area contributed by atoms with Crippen molar-refractivity contribution >= 4 is 29.3 Å². The molecule has 0 fully saturated rings. The van der Waals surface area contributed by atoms with Gasteiger partial charge in [0.05, 0.1) is 11.8 Å². The van der Waals surface area contributed by atoms with Crippen LogP contribution < -0.4 is 0 Å². The Kier molecular flexibility index (Phi) is 8.10. The monoisotopic (exact) mass is 421 g/mol. The van der Waals surface area contributed by atoms with Crippen molar-refractivity contribution in [1.82, 2.24) is 24.6 Å². The molecule has 0 aliphatic rings. The van der Waals surface area contributed by atoms with Gasteiger partial charge in [-0.1, -0.05) is 35.5 Å². The second-order valence-electron chi connectivity index (χ2n) is 6.95. The van der Waals surface area contributed by atoms with Crippen LogP contribution in [0.1, 0.15) is 32.6 Å². The normalized spacial score (nSPS) is 12.2. The maximum Gasteiger partial charge on any atom is 0.233 e. The summed E-state index contributed by atoms with van der Waals surface area (Å²) in [6.07, 6.45) is 0. The molecule has 0 bridgehead atoms. The van der Waals surface area contributed by atoms with E-state index in [1.54, 1.807) is 4.90 Å². The lowest BCUT2D eigenvalue weighted by Crippen LogP contribution is -2.33. The van der Waals surface area contributed by atoms with E-state index in [2.05, 4.69) is 28.6 Å². The molecule has 0 spiro atoms. The summed E-state index contributed by atoms with van der Waals surface area (Å²) < 4.78 is 1.99. The minimum Gasteiger partial charge on any atom is -0.338 e. The van der Waals surface area contributed by atoms with Crippen LogP contribution in [-0.4, -0.2) is 63.4 Å². The van der Waals surface area contributed by atoms with Gasteiger partial charge in [0.25, 0.3) is 0 Å². The summed E-state index contributed by atoms with van der Waals surface area (Å²) in [6.45, 7) is 11.1. The van der Waals surface area contributed by atoms with E-state index >= 15 is 0 Å². The molecule has 2 aromatic rings. The molecule has 0 aliphatic heterocycles. The molecule has 1 unspecified atom stereocenters. The minimum atomic E-state index is 0.0587. The van der Waals surface area contributed by atoms with Gasteiger partial charge >= 0.3 is 0 Å². The molecule has 28 heavy (non-hydrogen) atoms. The van der Waals surface area contributed by atoms with Crippen molar-refractivity contribution < 1.29 is 4.79 Å². The summed E-state index contributed by atoms with van der Waals surface area (Å²) in [6, 6.07) is 7.60. The molecule has 1 aromatic carbocycles. The van der Waals surface area contributed by atoms with Crippen molar-refractivity contribution in [1.29, 1.82) is 0 Å². The Bertz CT molecular complexity index is 819. The highest BCUT2D eigenvalue weighted by Gasteiger charge is 2.22. The summed E-state index contributed by atoms with van der Waals surface area (Å²) in [7, 11) is 4.00. The Labute approximate surface area is 176 Å². The second-order valence-corrected chi connectivity index (χ2v) is 8.32. The largest absolute Gasteiger partial charge is 0.338 e. The highest BCUT2D eigenvalue weighted by Crippen LogP contribution is 2.27. The average Bonchev–Trinajstić information content (AvgIpc) is 3.07. The molecule has 6 nitrogen and oxygen atoms in total. The van der Waals surface area contributed by atoms with Crippen LogP contribution in [0, 0.1) is 0 Å². The van der Waals surface area contributed by atoms with Crippen LogP contribution in [0.25, 0.3) is 5.69 Å². The van der Waals surface area contributed by atoms with E-state index in [0.717, 1.165) is 17.1 Å².